The van der Waals surface area contributed by atoms with E-state index in [0.29, 0.717) is 22.7 Å². The number of urea groups is 1. The second kappa shape index (κ2) is 13.5. The van der Waals surface area contributed by atoms with Crippen LogP contribution >= 0.6 is 0 Å². The molecular formula is C33H39N5O7S. The van der Waals surface area contributed by atoms with Gasteiger partial charge < -0.3 is 29.9 Å². The number of nitrogens with zero attached hydrogens (tertiary/aromatic N) is 3. The molecule has 3 N–H and O–H groups in total. The molecule has 0 fully saturated rings. The summed E-state index contributed by atoms with van der Waals surface area (Å²) in [7, 11) is -2.51. The molecule has 0 unspecified atom stereocenters. The van der Waals surface area contributed by atoms with E-state index in [4.69, 9.17) is 9.26 Å². The van der Waals surface area contributed by atoms with E-state index in [-0.39, 0.29) is 54.3 Å². The number of aromatic nitrogens is 1. The van der Waals surface area contributed by atoms with Crippen molar-refractivity contribution in [2.24, 2.45) is 5.92 Å². The van der Waals surface area contributed by atoms with Gasteiger partial charge in [-0.2, -0.15) is 4.31 Å². The van der Waals surface area contributed by atoms with Gasteiger partial charge >= 0.3 is 6.03 Å². The molecule has 0 aliphatic carbocycles. The number of aliphatic hydroxyl groups excluding tert-OH is 1. The lowest BCUT2D eigenvalue weighted by molar-refractivity contribution is -0.134. The first-order chi connectivity index (χ1) is 21.9. The number of amides is 3. The largest absolute Gasteiger partial charge is 0.488 e. The molecule has 3 aromatic carbocycles. The third-order valence-electron chi connectivity index (χ3n) is 8.29. The van der Waals surface area contributed by atoms with Crippen LogP contribution in [0.3, 0.4) is 0 Å². The maximum Gasteiger partial charge on any atom is 0.323 e. The molecule has 1 aromatic heterocycles. The highest BCUT2D eigenvalue weighted by Crippen LogP contribution is 2.31. The Labute approximate surface area is 268 Å². The monoisotopic (exact) mass is 649 g/mol. The number of aliphatic hydroxyl groups is 1. The smallest absolute Gasteiger partial charge is 0.323 e. The molecule has 1 aliphatic rings. The van der Waals surface area contributed by atoms with Crippen LogP contribution in [0.4, 0.5) is 16.2 Å². The summed E-state index contributed by atoms with van der Waals surface area (Å²) in [4.78, 5) is 28.2. The minimum Gasteiger partial charge on any atom is -0.488 e. The van der Waals surface area contributed by atoms with Crippen molar-refractivity contribution in [3.05, 3.63) is 77.7 Å². The molecule has 0 saturated heterocycles. The predicted molar refractivity (Wildman–Crippen MR) is 174 cm³/mol. The van der Waals surface area contributed by atoms with Crippen LogP contribution in [-0.4, -0.2) is 78.7 Å². The molecular weight excluding hydrogens is 610 g/mol. The Morgan fingerprint density at radius 3 is 2.59 bits per heavy atom. The third-order valence-corrected chi connectivity index (χ3v) is 10.4. The summed E-state index contributed by atoms with van der Waals surface area (Å²) in [6.45, 7) is 6.71. The number of hydrogen-bond donors (Lipinski definition) is 3. The van der Waals surface area contributed by atoms with Crippen LogP contribution in [0.2, 0.25) is 0 Å². The van der Waals surface area contributed by atoms with Gasteiger partial charge in [-0.15, -0.1) is 0 Å². The van der Waals surface area contributed by atoms with E-state index in [9.17, 15) is 23.1 Å². The van der Waals surface area contributed by atoms with Gasteiger partial charge in [0.1, 0.15) is 22.4 Å². The summed E-state index contributed by atoms with van der Waals surface area (Å²) < 4.78 is 39.8. The second-order valence-electron chi connectivity index (χ2n) is 11.8. The Morgan fingerprint density at radius 1 is 1.13 bits per heavy atom. The van der Waals surface area contributed by atoms with Gasteiger partial charge in [-0.05, 0) is 50.4 Å². The molecule has 0 bridgehead atoms. The highest BCUT2D eigenvalue weighted by molar-refractivity contribution is 7.89. The van der Waals surface area contributed by atoms with E-state index in [2.05, 4.69) is 15.8 Å². The lowest BCUT2D eigenvalue weighted by Crippen LogP contribution is -2.48. The van der Waals surface area contributed by atoms with Crippen LogP contribution in [0.15, 0.2) is 70.1 Å². The van der Waals surface area contributed by atoms with Gasteiger partial charge in [0.15, 0.2) is 5.76 Å². The van der Waals surface area contributed by atoms with Crippen LogP contribution in [0.1, 0.15) is 30.9 Å². The molecule has 244 valence electrons. The highest BCUT2D eigenvalue weighted by Gasteiger charge is 2.35. The molecule has 0 radical (unpaired) electrons. The Morgan fingerprint density at radius 2 is 1.87 bits per heavy atom. The van der Waals surface area contributed by atoms with Gasteiger partial charge in [0.2, 0.25) is 15.9 Å². The number of hydrogen-bond acceptors (Lipinski definition) is 8. The van der Waals surface area contributed by atoms with Gasteiger partial charge in [0, 0.05) is 36.1 Å². The zero-order valence-corrected chi connectivity index (χ0v) is 27.3. The molecule has 12 nitrogen and oxygen atoms in total. The lowest BCUT2D eigenvalue weighted by atomic mass is 10.0. The van der Waals surface area contributed by atoms with Crippen molar-refractivity contribution in [1.29, 1.82) is 0 Å². The lowest BCUT2D eigenvalue weighted by Gasteiger charge is -2.33. The molecule has 46 heavy (non-hydrogen) atoms. The number of likely N-dealkylation sites (N-methyl/N-ethyl adjacent to an activating group) is 1. The number of nitrogens with one attached hydrogen (secondary N) is 2. The van der Waals surface area contributed by atoms with Gasteiger partial charge in [0.05, 0.1) is 31.3 Å². The van der Waals surface area contributed by atoms with Crippen molar-refractivity contribution in [1.82, 2.24) is 14.4 Å². The highest BCUT2D eigenvalue weighted by atomic mass is 32.2. The number of ether oxygens (including phenoxy) is 1. The molecule has 2 heterocycles. The fourth-order valence-electron chi connectivity index (χ4n) is 5.69. The number of benzene rings is 3. The molecule has 4 aromatic rings. The van der Waals surface area contributed by atoms with Gasteiger partial charge in [-0.1, -0.05) is 48.5 Å². The van der Waals surface area contributed by atoms with E-state index in [1.807, 2.05) is 49.4 Å². The summed E-state index contributed by atoms with van der Waals surface area (Å²) in [5.74, 6) is 0.0338. The zero-order chi connectivity index (χ0) is 33.2. The molecule has 3 atom stereocenters. The molecule has 5 rings (SSSR count). The van der Waals surface area contributed by atoms with Crippen molar-refractivity contribution in [2.45, 2.75) is 51.2 Å². The topological polar surface area (TPSA) is 154 Å². The number of carbonyl (C=O) groups excluding carboxylic acids is 2. The normalized spacial score (nSPS) is 17.9. The van der Waals surface area contributed by atoms with Gasteiger partial charge in [0.25, 0.3) is 0 Å². The van der Waals surface area contributed by atoms with E-state index >= 15 is 0 Å². The average Bonchev–Trinajstić information content (AvgIpc) is 3.39. The van der Waals surface area contributed by atoms with Crippen molar-refractivity contribution in [3.63, 3.8) is 0 Å². The van der Waals surface area contributed by atoms with Crippen molar-refractivity contribution < 1.29 is 32.4 Å². The number of fused-ring (bicyclic) bond motifs is 2. The van der Waals surface area contributed by atoms with E-state index < -0.39 is 28.2 Å². The minimum atomic E-state index is -3.97. The second-order valence-corrected chi connectivity index (χ2v) is 13.7. The van der Waals surface area contributed by atoms with Gasteiger partial charge in [-0.25, -0.2) is 13.2 Å². The number of sulfonamides is 1. The Bertz CT molecular complexity index is 1830. The van der Waals surface area contributed by atoms with Crippen molar-refractivity contribution in [2.75, 3.05) is 37.4 Å². The summed E-state index contributed by atoms with van der Waals surface area (Å²) >= 11 is 0. The molecule has 3 amide bonds. The van der Waals surface area contributed by atoms with E-state index in [0.717, 1.165) is 10.8 Å². The Hall–Kier alpha value is -4.46. The first-order valence-corrected chi connectivity index (χ1v) is 16.5. The molecule has 13 heteroatoms. The number of anilines is 2. The van der Waals surface area contributed by atoms with Gasteiger partial charge in [-0.3, -0.25) is 4.79 Å². The summed E-state index contributed by atoms with van der Waals surface area (Å²) in [5.41, 5.74) is 1.86. The summed E-state index contributed by atoms with van der Waals surface area (Å²) in [6.07, 6.45) is -0.723. The van der Waals surface area contributed by atoms with Crippen LogP contribution in [0.5, 0.6) is 5.75 Å². The van der Waals surface area contributed by atoms with Crippen LogP contribution < -0.4 is 15.4 Å². The predicted octanol–water partition coefficient (Wildman–Crippen LogP) is 4.56. The Kier molecular flexibility index (Phi) is 9.66. The summed E-state index contributed by atoms with van der Waals surface area (Å²) in [6, 6.07) is 17.4. The first-order valence-electron chi connectivity index (χ1n) is 15.0. The molecule has 0 spiro atoms. The maximum atomic E-state index is 13.6. The number of aryl methyl sites for hydroxylation is 2. The van der Waals surface area contributed by atoms with Crippen molar-refractivity contribution >= 4 is 44.1 Å². The minimum absolute atomic E-state index is 0.00863. The van der Waals surface area contributed by atoms with Crippen molar-refractivity contribution in [3.8, 4) is 5.75 Å². The molecule has 0 saturated carbocycles. The fourth-order valence-corrected chi connectivity index (χ4v) is 7.16. The zero-order valence-electron chi connectivity index (χ0n) is 26.5. The standard InChI is InChI=1S/C33H39N5O7S/c1-20-17-38(21(2)19-39)31(40)16-25-15-26(34-33(41)35-28-12-8-10-24-9-6-7-11-27(24)28)13-14-29(25)44-30(20)18-37(5)46(42,43)32-22(3)36-45-23(32)4/h6-15,20-21,30,39H,16-19H2,1-5H3,(H2,34,35,41)/t20-,21-,30+/m1/s1. The van der Waals surface area contributed by atoms with Crippen LogP contribution in [-0.2, 0) is 21.2 Å². The Balaban J connectivity index is 1.42. The molecule has 1 aliphatic heterocycles. The van der Waals surface area contributed by atoms with Crippen LogP contribution in [0, 0.1) is 19.8 Å². The van der Waals surface area contributed by atoms with Crippen LogP contribution in [0.25, 0.3) is 10.8 Å². The van der Waals surface area contributed by atoms with E-state index in [1.165, 1.54) is 11.4 Å². The average molecular weight is 650 g/mol. The first kappa shape index (κ1) is 32.9. The quantitative estimate of drug-likeness (QED) is 0.251. The van der Waals surface area contributed by atoms with E-state index in [1.54, 1.807) is 43.9 Å². The third kappa shape index (κ3) is 6.86. The maximum absolute atomic E-state index is 13.6. The number of rotatable bonds is 8. The fraction of sp³-hybridized carbons (Fsp3) is 0.364. The SMILES string of the molecule is Cc1noc(C)c1S(=O)(=O)N(C)C[C@@H]1Oc2ccc(NC(=O)Nc3cccc4ccccc34)cc2CC(=O)N([C@H](C)CO)C[C@H]1C. The number of carbonyl (C=O) groups is 2. The summed E-state index contributed by atoms with van der Waals surface area (Å²) in [5, 5.41) is 21.4.